The van der Waals surface area contributed by atoms with Gasteiger partial charge in [0.15, 0.2) is 0 Å². The maximum atomic E-state index is 3.91. The molecule has 1 aliphatic heterocycles. The van der Waals surface area contributed by atoms with Crippen LogP contribution in [0.4, 0.5) is 0 Å². The smallest absolute Gasteiger partial charge is 0.0607 e. The molecule has 0 saturated carbocycles. The van der Waals surface area contributed by atoms with E-state index in [2.05, 4.69) is 29.1 Å². The van der Waals surface area contributed by atoms with Crippen molar-refractivity contribution in [2.24, 2.45) is 0 Å². The Morgan fingerprint density at radius 2 is 2.27 bits per heavy atom. The molecule has 0 spiro atoms. The molecule has 0 atom stereocenters. The Labute approximate surface area is 65.8 Å². The highest BCUT2D eigenvalue weighted by molar-refractivity contribution is 5.62. The average Bonchev–Trinajstić information content (AvgIpc) is 2.45. The number of hydrogen-bond donors (Lipinski definition) is 1. The minimum atomic E-state index is 0.852. The van der Waals surface area contributed by atoms with E-state index >= 15 is 0 Å². The molecule has 0 saturated heterocycles. The Balaban J connectivity index is 2.54. The van der Waals surface area contributed by atoms with Crippen molar-refractivity contribution >= 4 is 5.70 Å². The van der Waals surface area contributed by atoms with Gasteiger partial charge < -0.3 is 9.88 Å². The van der Waals surface area contributed by atoms with E-state index in [9.17, 15) is 0 Å². The zero-order chi connectivity index (χ0) is 7.84. The molecular weight excluding hydrogens is 136 g/mol. The van der Waals surface area contributed by atoms with Crippen molar-refractivity contribution < 1.29 is 0 Å². The third-order valence-corrected chi connectivity index (χ3v) is 1.96. The van der Waals surface area contributed by atoms with Crippen LogP contribution < -0.4 is 5.32 Å². The van der Waals surface area contributed by atoms with Gasteiger partial charge in [-0.2, -0.15) is 0 Å². The van der Waals surface area contributed by atoms with Crippen LogP contribution in [0.1, 0.15) is 5.69 Å². The van der Waals surface area contributed by atoms with Crippen LogP contribution in [0.3, 0.4) is 0 Å². The summed E-state index contributed by atoms with van der Waals surface area (Å²) in [5.74, 6) is 0. The number of hydrogen-bond acceptors (Lipinski definition) is 1. The lowest BCUT2D eigenvalue weighted by molar-refractivity contribution is 0.741. The Bertz CT molecular complexity index is 320. The van der Waals surface area contributed by atoms with Crippen LogP contribution in [0.25, 0.3) is 5.70 Å². The van der Waals surface area contributed by atoms with Crippen molar-refractivity contribution in [1.82, 2.24) is 9.88 Å². The van der Waals surface area contributed by atoms with Crippen LogP contribution in [0.5, 0.6) is 0 Å². The lowest BCUT2D eigenvalue weighted by Gasteiger charge is -2.21. The van der Waals surface area contributed by atoms with Crippen LogP contribution >= 0.6 is 0 Å². The van der Waals surface area contributed by atoms with Crippen LogP contribution in [0.15, 0.2) is 37.2 Å². The Morgan fingerprint density at radius 3 is 3.09 bits per heavy atom. The maximum absolute atomic E-state index is 3.91. The highest BCUT2D eigenvalue weighted by atomic mass is 15.1. The van der Waals surface area contributed by atoms with Crippen molar-refractivity contribution in [2.45, 2.75) is 6.54 Å². The topological polar surface area (TPSA) is 17.0 Å². The predicted octanol–water partition coefficient (Wildman–Crippen LogP) is 1.58. The molecule has 0 aromatic carbocycles. The van der Waals surface area contributed by atoms with Crippen LogP contribution in [0.2, 0.25) is 0 Å². The highest BCUT2D eigenvalue weighted by Gasteiger charge is 2.11. The molecule has 2 heteroatoms. The van der Waals surface area contributed by atoms with Gasteiger partial charge in [-0.25, -0.2) is 0 Å². The second-order valence-corrected chi connectivity index (χ2v) is 2.65. The van der Waals surface area contributed by atoms with Crippen molar-refractivity contribution in [1.29, 1.82) is 0 Å². The molecular formula is C9H10N2. The van der Waals surface area contributed by atoms with Gasteiger partial charge >= 0.3 is 0 Å². The number of rotatable bonds is 0. The lowest BCUT2D eigenvalue weighted by atomic mass is 10.2. The first-order valence-corrected chi connectivity index (χ1v) is 3.57. The largest absolute Gasteiger partial charge is 0.378 e. The van der Waals surface area contributed by atoms with Crippen molar-refractivity contribution in [3.8, 4) is 0 Å². The summed E-state index contributed by atoms with van der Waals surface area (Å²) >= 11 is 0. The molecule has 0 aliphatic carbocycles. The SMILES string of the molecule is C=C1NCc2cccn2C1=C. The number of nitrogens with zero attached hydrogens (tertiary/aromatic N) is 1. The number of allylic oxidation sites excluding steroid dienone is 1. The summed E-state index contributed by atoms with van der Waals surface area (Å²) in [6, 6.07) is 4.09. The number of fused-ring (bicyclic) bond motifs is 1. The minimum absolute atomic E-state index is 0.852. The van der Waals surface area contributed by atoms with E-state index < -0.39 is 0 Å². The predicted molar refractivity (Wildman–Crippen MR) is 45.7 cm³/mol. The van der Waals surface area contributed by atoms with Gasteiger partial charge in [-0.05, 0) is 12.1 Å². The van der Waals surface area contributed by atoms with E-state index in [-0.39, 0.29) is 0 Å². The van der Waals surface area contributed by atoms with Gasteiger partial charge in [0.2, 0.25) is 0 Å². The average molecular weight is 146 g/mol. The van der Waals surface area contributed by atoms with Crippen molar-refractivity contribution in [2.75, 3.05) is 0 Å². The molecule has 56 valence electrons. The highest BCUT2D eigenvalue weighted by Crippen LogP contribution is 2.18. The fourth-order valence-electron chi connectivity index (χ4n) is 1.27. The third kappa shape index (κ3) is 0.792. The van der Waals surface area contributed by atoms with E-state index in [4.69, 9.17) is 0 Å². The van der Waals surface area contributed by atoms with Gasteiger partial charge in [0, 0.05) is 11.9 Å². The Hall–Kier alpha value is -1.44. The van der Waals surface area contributed by atoms with E-state index in [1.54, 1.807) is 0 Å². The van der Waals surface area contributed by atoms with Gasteiger partial charge in [-0.15, -0.1) is 0 Å². The van der Waals surface area contributed by atoms with Crippen LogP contribution in [-0.2, 0) is 6.54 Å². The number of aromatic nitrogens is 1. The summed E-state index contributed by atoms with van der Waals surface area (Å²) in [6.07, 6.45) is 2.00. The molecule has 1 aliphatic rings. The van der Waals surface area contributed by atoms with Gasteiger partial charge in [0.05, 0.1) is 17.9 Å². The van der Waals surface area contributed by atoms with E-state index in [0.717, 1.165) is 17.9 Å². The van der Waals surface area contributed by atoms with Gasteiger partial charge in [-0.3, -0.25) is 0 Å². The van der Waals surface area contributed by atoms with Crippen LogP contribution in [0, 0.1) is 0 Å². The zero-order valence-corrected chi connectivity index (χ0v) is 6.30. The molecule has 0 bridgehead atoms. The summed E-state index contributed by atoms with van der Waals surface area (Å²) in [5.41, 5.74) is 3.09. The molecule has 0 radical (unpaired) electrons. The summed E-state index contributed by atoms with van der Waals surface area (Å²) < 4.78 is 2.05. The van der Waals surface area contributed by atoms with Crippen molar-refractivity contribution in [3.63, 3.8) is 0 Å². The van der Waals surface area contributed by atoms with Crippen molar-refractivity contribution in [3.05, 3.63) is 42.9 Å². The molecule has 0 unspecified atom stereocenters. The lowest BCUT2D eigenvalue weighted by Crippen LogP contribution is -2.23. The normalized spacial score (nSPS) is 16.0. The third-order valence-electron chi connectivity index (χ3n) is 1.96. The molecule has 1 N–H and O–H groups in total. The molecule has 1 aromatic rings. The van der Waals surface area contributed by atoms with E-state index in [1.165, 1.54) is 5.69 Å². The molecule has 0 amide bonds. The van der Waals surface area contributed by atoms with E-state index in [0.29, 0.717) is 0 Å². The first kappa shape index (κ1) is 6.28. The minimum Gasteiger partial charge on any atom is -0.378 e. The second-order valence-electron chi connectivity index (χ2n) is 2.65. The molecule has 1 aromatic heterocycles. The summed E-state index contributed by atoms with van der Waals surface area (Å²) in [6.45, 7) is 8.60. The molecule has 2 heterocycles. The molecule has 2 rings (SSSR count). The Kier molecular flexibility index (Phi) is 1.15. The number of nitrogens with one attached hydrogen (secondary N) is 1. The summed E-state index contributed by atoms with van der Waals surface area (Å²) in [7, 11) is 0. The monoisotopic (exact) mass is 146 g/mol. The first-order valence-electron chi connectivity index (χ1n) is 3.57. The molecule has 0 fully saturated rings. The first-order chi connectivity index (χ1) is 5.29. The van der Waals surface area contributed by atoms with Gasteiger partial charge in [-0.1, -0.05) is 13.2 Å². The standard InChI is InChI=1S/C9H10N2/c1-7-8(2)11-5-3-4-9(11)6-10-7/h3-5,10H,1-2,6H2. The second kappa shape index (κ2) is 2.02. The fraction of sp³-hybridized carbons (Fsp3) is 0.111. The van der Waals surface area contributed by atoms with Gasteiger partial charge in [0.25, 0.3) is 0 Å². The summed E-state index contributed by atoms with van der Waals surface area (Å²) in [4.78, 5) is 0. The quantitative estimate of drug-likeness (QED) is 0.588. The fourth-order valence-corrected chi connectivity index (χ4v) is 1.27. The maximum Gasteiger partial charge on any atom is 0.0607 e. The van der Waals surface area contributed by atoms with Crippen LogP contribution in [-0.4, -0.2) is 4.57 Å². The van der Waals surface area contributed by atoms with Gasteiger partial charge in [0.1, 0.15) is 0 Å². The molecule has 2 nitrogen and oxygen atoms in total. The zero-order valence-electron chi connectivity index (χ0n) is 6.30. The van der Waals surface area contributed by atoms with E-state index in [1.807, 2.05) is 12.3 Å². The Morgan fingerprint density at radius 1 is 1.45 bits per heavy atom. The molecule has 11 heavy (non-hydrogen) atoms. The summed E-state index contributed by atoms with van der Waals surface area (Å²) in [5, 5.41) is 3.16.